The van der Waals surface area contributed by atoms with E-state index in [4.69, 9.17) is 0 Å². The molecule has 0 aliphatic heterocycles. The summed E-state index contributed by atoms with van der Waals surface area (Å²) in [4.78, 5) is 0. The van der Waals surface area contributed by atoms with E-state index in [-0.39, 0.29) is 0 Å². The molecule has 0 saturated carbocycles. The third-order valence-electron chi connectivity index (χ3n) is 2.42. The summed E-state index contributed by atoms with van der Waals surface area (Å²) in [7, 11) is 0. The van der Waals surface area contributed by atoms with Crippen molar-refractivity contribution in [2.45, 2.75) is 40.2 Å². The van der Waals surface area contributed by atoms with Crippen molar-refractivity contribution >= 4 is 11.8 Å². The van der Waals surface area contributed by atoms with Gasteiger partial charge in [-0.1, -0.05) is 27.7 Å². The highest BCUT2D eigenvalue weighted by atomic mass is 32.2. The second-order valence-corrected chi connectivity index (χ2v) is 5.14. The first kappa shape index (κ1) is 13.3. The second kappa shape index (κ2) is 7.69. The Bertz CT molecular complexity index is 115. The fourth-order valence-electron chi connectivity index (χ4n) is 1.55. The average Bonchev–Trinajstić information content (AvgIpc) is 2.05. The SMILES string of the molecule is CCC(NCC(C)CSC)C(C)C. The van der Waals surface area contributed by atoms with Crippen molar-refractivity contribution in [3.8, 4) is 0 Å². The van der Waals surface area contributed by atoms with Crippen molar-refractivity contribution in [1.82, 2.24) is 5.32 Å². The summed E-state index contributed by atoms with van der Waals surface area (Å²) in [5.74, 6) is 2.82. The van der Waals surface area contributed by atoms with Crippen LogP contribution in [0.3, 0.4) is 0 Å². The number of hydrogen-bond acceptors (Lipinski definition) is 2. The molecule has 0 saturated heterocycles. The molecule has 0 aromatic rings. The van der Waals surface area contributed by atoms with E-state index in [0.717, 1.165) is 18.4 Å². The van der Waals surface area contributed by atoms with Gasteiger partial charge in [-0.2, -0.15) is 11.8 Å². The molecule has 13 heavy (non-hydrogen) atoms. The Morgan fingerprint density at radius 2 is 1.85 bits per heavy atom. The van der Waals surface area contributed by atoms with Gasteiger partial charge in [0.05, 0.1) is 0 Å². The van der Waals surface area contributed by atoms with Crippen molar-refractivity contribution in [3.05, 3.63) is 0 Å². The van der Waals surface area contributed by atoms with E-state index in [9.17, 15) is 0 Å². The van der Waals surface area contributed by atoms with E-state index in [1.54, 1.807) is 0 Å². The molecular formula is C11H25NS. The molecule has 0 spiro atoms. The molecule has 0 heterocycles. The lowest BCUT2D eigenvalue weighted by Crippen LogP contribution is -2.36. The van der Waals surface area contributed by atoms with Gasteiger partial charge in [0.25, 0.3) is 0 Å². The number of hydrogen-bond donors (Lipinski definition) is 1. The van der Waals surface area contributed by atoms with Crippen molar-refractivity contribution in [3.63, 3.8) is 0 Å². The Morgan fingerprint density at radius 1 is 1.23 bits per heavy atom. The fourth-order valence-corrected chi connectivity index (χ4v) is 2.23. The van der Waals surface area contributed by atoms with E-state index >= 15 is 0 Å². The molecule has 0 aliphatic rings. The van der Waals surface area contributed by atoms with Crippen LogP contribution in [0.1, 0.15) is 34.1 Å². The lowest BCUT2D eigenvalue weighted by molar-refractivity contribution is 0.370. The molecule has 0 aliphatic carbocycles. The van der Waals surface area contributed by atoms with Gasteiger partial charge in [0.2, 0.25) is 0 Å². The van der Waals surface area contributed by atoms with E-state index < -0.39 is 0 Å². The van der Waals surface area contributed by atoms with Gasteiger partial charge in [-0.15, -0.1) is 0 Å². The normalized spacial score (nSPS) is 16.2. The maximum Gasteiger partial charge on any atom is 0.00875 e. The highest BCUT2D eigenvalue weighted by Crippen LogP contribution is 2.08. The molecule has 1 N–H and O–H groups in total. The number of nitrogens with one attached hydrogen (secondary N) is 1. The maximum absolute atomic E-state index is 3.64. The first-order valence-corrected chi connectivity index (χ1v) is 6.73. The molecule has 2 heteroatoms. The number of thioether (sulfide) groups is 1. The van der Waals surface area contributed by atoms with E-state index in [2.05, 4.69) is 39.3 Å². The lowest BCUT2D eigenvalue weighted by atomic mass is 10.0. The van der Waals surface area contributed by atoms with E-state index in [1.165, 1.54) is 12.2 Å². The lowest BCUT2D eigenvalue weighted by Gasteiger charge is -2.22. The summed E-state index contributed by atoms with van der Waals surface area (Å²) >= 11 is 1.94. The van der Waals surface area contributed by atoms with Crippen LogP contribution in [-0.2, 0) is 0 Å². The summed E-state index contributed by atoms with van der Waals surface area (Å²) in [6, 6.07) is 0.698. The van der Waals surface area contributed by atoms with Crippen LogP contribution in [0.5, 0.6) is 0 Å². The van der Waals surface area contributed by atoms with Crippen LogP contribution < -0.4 is 5.32 Å². The molecule has 0 rings (SSSR count). The smallest absolute Gasteiger partial charge is 0.00875 e. The summed E-state index contributed by atoms with van der Waals surface area (Å²) in [6.07, 6.45) is 3.42. The third kappa shape index (κ3) is 6.39. The number of rotatable bonds is 7. The van der Waals surface area contributed by atoms with Crippen LogP contribution in [0.2, 0.25) is 0 Å². The Labute approximate surface area is 88.1 Å². The molecule has 0 aromatic heterocycles. The van der Waals surface area contributed by atoms with Gasteiger partial charge >= 0.3 is 0 Å². The van der Waals surface area contributed by atoms with Crippen molar-refractivity contribution < 1.29 is 0 Å². The Balaban J connectivity index is 3.59. The third-order valence-corrected chi connectivity index (χ3v) is 3.33. The zero-order chi connectivity index (χ0) is 10.3. The van der Waals surface area contributed by atoms with Gasteiger partial charge in [0, 0.05) is 6.04 Å². The monoisotopic (exact) mass is 203 g/mol. The molecule has 80 valence electrons. The maximum atomic E-state index is 3.64. The Hall–Kier alpha value is 0.310. The van der Waals surface area contributed by atoms with Crippen LogP contribution >= 0.6 is 11.8 Å². The summed E-state index contributed by atoms with van der Waals surface area (Å²) in [5, 5.41) is 3.64. The van der Waals surface area contributed by atoms with Gasteiger partial charge in [-0.3, -0.25) is 0 Å². The average molecular weight is 203 g/mol. The highest BCUT2D eigenvalue weighted by Gasteiger charge is 2.11. The van der Waals surface area contributed by atoms with Gasteiger partial charge in [0.15, 0.2) is 0 Å². The molecule has 0 aromatic carbocycles. The van der Waals surface area contributed by atoms with Crippen LogP contribution in [0, 0.1) is 11.8 Å². The minimum absolute atomic E-state index is 0.698. The topological polar surface area (TPSA) is 12.0 Å². The zero-order valence-corrected chi connectivity index (χ0v) is 10.6. The standard InChI is InChI=1S/C11H25NS/c1-6-11(9(2)3)12-7-10(4)8-13-5/h9-12H,6-8H2,1-5H3. The summed E-state index contributed by atoms with van der Waals surface area (Å²) in [5.41, 5.74) is 0. The Kier molecular flexibility index (Phi) is 7.87. The summed E-state index contributed by atoms with van der Waals surface area (Å²) in [6.45, 7) is 10.3. The van der Waals surface area contributed by atoms with Crippen LogP contribution in [0.25, 0.3) is 0 Å². The molecule has 0 amide bonds. The quantitative estimate of drug-likeness (QED) is 0.682. The minimum atomic E-state index is 0.698. The van der Waals surface area contributed by atoms with Gasteiger partial charge < -0.3 is 5.32 Å². The molecule has 1 nitrogen and oxygen atoms in total. The van der Waals surface area contributed by atoms with Crippen molar-refractivity contribution in [2.75, 3.05) is 18.6 Å². The first-order valence-electron chi connectivity index (χ1n) is 5.34. The van der Waals surface area contributed by atoms with E-state index in [1.807, 2.05) is 11.8 Å². The zero-order valence-electron chi connectivity index (χ0n) is 9.76. The van der Waals surface area contributed by atoms with Crippen LogP contribution in [-0.4, -0.2) is 24.6 Å². The van der Waals surface area contributed by atoms with Crippen LogP contribution in [0.4, 0.5) is 0 Å². The largest absolute Gasteiger partial charge is 0.313 e. The molecule has 2 unspecified atom stereocenters. The van der Waals surface area contributed by atoms with Crippen LogP contribution in [0.15, 0.2) is 0 Å². The predicted molar refractivity (Wildman–Crippen MR) is 64.5 cm³/mol. The molecule has 0 bridgehead atoms. The van der Waals surface area contributed by atoms with Gasteiger partial charge in [-0.25, -0.2) is 0 Å². The molecule has 2 atom stereocenters. The first-order chi connectivity index (χ1) is 6.11. The van der Waals surface area contributed by atoms with E-state index in [0.29, 0.717) is 6.04 Å². The highest BCUT2D eigenvalue weighted by molar-refractivity contribution is 7.98. The molecular weight excluding hydrogens is 178 g/mol. The Morgan fingerprint density at radius 3 is 2.23 bits per heavy atom. The van der Waals surface area contributed by atoms with Crippen molar-refractivity contribution in [1.29, 1.82) is 0 Å². The van der Waals surface area contributed by atoms with Gasteiger partial charge in [-0.05, 0) is 36.8 Å². The predicted octanol–water partition coefficient (Wildman–Crippen LogP) is 3.01. The van der Waals surface area contributed by atoms with Crippen molar-refractivity contribution in [2.24, 2.45) is 11.8 Å². The molecule has 0 fully saturated rings. The second-order valence-electron chi connectivity index (χ2n) is 4.23. The van der Waals surface area contributed by atoms with Gasteiger partial charge in [0.1, 0.15) is 0 Å². The molecule has 0 radical (unpaired) electrons. The minimum Gasteiger partial charge on any atom is -0.313 e. The fraction of sp³-hybridized carbons (Fsp3) is 1.00. The summed E-state index contributed by atoms with van der Waals surface area (Å²) < 4.78 is 0.